The standard InChI is InChI=1S/C27H25F3N4O3/c1-16-21(23(36)34(32-16)18-10-5-4-6-11-18)26(27(28,29)30)22-19(13-25(2,3)14-20(22)35)33(24(26)37)15-17-9-7-8-12-31-17/h4-12,32H,13-15H2,1-3H3. The van der Waals surface area contributed by atoms with Crippen molar-refractivity contribution in [3.63, 3.8) is 0 Å². The van der Waals surface area contributed by atoms with Crippen LogP contribution in [0.3, 0.4) is 0 Å². The maximum Gasteiger partial charge on any atom is 0.411 e. The molecule has 192 valence electrons. The molecule has 1 atom stereocenters. The molecule has 10 heteroatoms. The lowest BCUT2D eigenvalue weighted by Crippen LogP contribution is -2.55. The molecule has 37 heavy (non-hydrogen) atoms. The number of Topliss-reactive ketones (excluding diaryl/α,β-unsaturated/α-hetero) is 1. The molecule has 0 radical (unpaired) electrons. The van der Waals surface area contributed by atoms with Gasteiger partial charge in [0.05, 0.1) is 23.5 Å². The van der Waals surface area contributed by atoms with Crippen LogP contribution in [0, 0.1) is 12.3 Å². The summed E-state index contributed by atoms with van der Waals surface area (Å²) in [5.74, 6) is -2.15. The number of pyridine rings is 1. The summed E-state index contributed by atoms with van der Waals surface area (Å²) in [6.07, 6.45) is -3.89. The third-order valence-electron chi connectivity index (χ3n) is 7.05. The largest absolute Gasteiger partial charge is 0.411 e. The Morgan fingerprint density at radius 2 is 1.68 bits per heavy atom. The van der Waals surface area contributed by atoms with Crippen molar-refractivity contribution in [1.82, 2.24) is 19.7 Å². The lowest BCUT2D eigenvalue weighted by atomic mass is 9.66. The van der Waals surface area contributed by atoms with Gasteiger partial charge in [-0.15, -0.1) is 0 Å². The van der Waals surface area contributed by atoms with Crippen LogP contribution in [0.5, 0.6) is 0 Å². The molecule has 3 aromatic rings. The number of allylic oxidation sites excluding steroid dienone is 1. The van der Waals surface area contributed by atoms with E-state index >= 15 is 13.2 Å². The minimum atomic E-state index is -5.26. The van der Waals surface area contributed by atoms with E-state index in [1.807, 2.05) is 0 Å². The quantitative estimate of drug-likeness (QED) is 0.565. The fraction of sp³-hybridized carbons (Fsp3) is 0.333. The van der Waals surface area contributed by atoms with E-state index in [4.69, 9.17) is 0 Å². The molecule has 0 saturated heterocycles. The Hall–Kier alpha value is -3.95. The number of aromatic nitrogens is 3. The summed E-state index contributed by atoms with van der Waals surface area (Å²) < 4.78 is 47.1. The molecule has 0 spiro atoms. The van der Waals surface area contributed by atoms with Crippen LogP contribution in [0.2, 0.25) is 0 Å². The summed E-state index contributed by atoms with van der Waals surface area (Å²) >= 11 is 0. The Balaban J connectivity index is 1.81. The van der Waals surface area contributed by atoms with Gasteiger partial charge in [0.25, 0.3) is 11.5 Å². The minimum absolute atomic E-state index is 0.000453. The highest BCUT2D eigenvalue weighted by Gasteiger charge is 2.73. The van der Waals surface area contributed by atoms with E-state index in [9.17, 15) is 14.4 Å². The molecule has 0 bridgehead atoms. The topological polar surface area (TPSA) is 88.1 Å². The molecule has 0 saturated carbocycles. The zero-order valence-electron chi connectivity index (χ0n) is 20.5. The number of aromatic amines is 1. The Kier molecular flexibility index (Phi) is 5.54. The predicted molar refractivity (Wildman–Crippen MR) is 129 cm³/mol. The van der Waals surface area contributed by atoms with Crippen LogP contribution in [0.25, 0.3) is 5.69 Å². The molecule has 1 aliphatic carbocycles. The van der Waals surface area contributed by atoms with Gasteiger partial charge >= 0.3 is 6.18 Å². The maximum absolute atomic E-state index is 15.4. The van der Waals surface area contributed by atoms with Crippen LogP contribution in [0.4, 0.5) is 13.2 Å². The molecule has 1 N–H and O–H groups in total. The van der Waals surface area contributed by atoms with Gasteiger partial charge < -0.3 is 4.90 Å². The number of carbonyl (C=O) groups excluding carboxylic acids is 2. The van der Waals surface area contributed by atoms with E-state index in [2.05, 4.69) is 10.1 Å². The van der Waals surface area contributed by atoms with Crippen molar-refractivity contribution in [1.29, 1.82) is 0 Å². The van der Waals surface area contributed by atoms with Crippen LogP contribution in [-0.4, -0.2) is 37.5 Å². The van der Waals surface area contributed by atoms with Gasteiger partial charge in [0, 0.05) is 29.6 Å². The number of ketones is 1. The molecule has 3 heterocycles. The fourth-order valence-electron chi connectivity index (χ4n) is 5.58. The Morgan fingerprint density at radius 1 is 1.00 bits per heavy atom. The number of aryl methyl sites for hydroxylation is 1. The highest BCUT2D eigenvalue weighted by atomic mass is 19.4. The van der Waals surface area contributed by atoms with Gasteiger partial charge in [-0.2, -0.15) is 13.2 Å². The number of hydrogen-bond donors (Lipinski definition) is 1. The first kappa shape index (κ1) is 24.7. The number of para-hydroxylation sites is 1. The van der Waals surface area contributed by atoms with Crippen LogP contribution in [-0.2, 0) is 21.5 Å². The van der Waals surface area contributed by atoms with Crippen LogP contribution in [0.15, 0.2) is 70.8 Å². The van der Waals surface area contributed by atoms with E-state index in [0.29, 0.717) is 11.4 Å². The van der Waals surface area contributed by atoms with Crippen molar-refractivity contribution in [3.05, 3.63) is 93.3 Å². The molecule has 1 amide bonds. The van der Waals surface area contributed by atoms with E-state index in [1.165, 1.54) is 13.1 Å². The van der Waals surface area contributed by atoms with Crippen LogP contribution < -0.4 is 5.56 Å². The van der Waals surface area contributed by atoms with Crippen molar-refractivity contribution in [2.75, 3.05) is 0 Å². The molecular weight excluding hydrogens is 485 g/mol. The molecule has 0 fully saturated rings. The van der Waals surface area contributed by atoms with Crippen molar-refractivity contribution in [2.24, 2.45) is 5.41 Å². The molecule has 2 aliphatic rings. The number of rotatable bonds is 4. The Morgan fingerprint density at radius 3 is 2.30 bits per heavy atom. The van der Waals surface area contributed by atoms with Crippen molar-refractivity contribution in [2.45, 2.75) is 51.7 Å². The third-order valence-corrected chi connectivity index (χ3v) is 7.05. The number of carbonyl (C=O) groups is 2. The first-order chi connectivity index (χ1) is 17.4. The SMILES string of the molecule is Cc1[nH]n(-c2ccccc2)c(=O)c1C1(C(F)(F)F)C(=O)N(Cc2ccccn2)C2=C1C(=O)CC(C)(C)C2. The zero-order chi connectivity index (χ0) is 26.8. The van der Waals surface area contributed by atoms with Crippen molar-refractivity contribution in [3.8, 4) is 5.69 Å². The van der Waals surface area contributed by atoms with Gasteiger partial charge in [-0.05, 0) is 43.0 Å². The van der Waals surface area contributed by atoms with Crippen LogP contribution in [0.1, 0.15) is 43.6 Å². The number of hydrogen-bond acceptors (Lipinski definition) is 4. The van der Waals surface area contributed by atoms with Gasteiger partial charge in [-0.1, -0.05) is 38.1 Å². The minimum Gasteiger partial charge on any atom is -0.308 e. The predicted octanol–water partition coefficient (Wildman–Crippen LogP) is 4.35. The fourth-order valence-corrected chi connectivity index (χ4v) is 5.58. The molecule has 7 nitrogen and oxygen atoms in total. The van der Waals surface area contributed by atoms with Crippen molar-refractivity contribution >= 4 is 11.7 Å². The highest BCUT2D eigenvalue weighted by Crippen LogP contribution is 2.57. The second kappa shape index (κ2) is 8.29. The third kappa shape index (κ3) is 3.65. The zero-order valence-corrected chi connectivity index (χ0v) is 20.5. The number of H-pyrrole nitrogens is 1. The van der Waals surface area contributed by atoms with E-state index in [-0.39, 0.29) is 30.8 Å². The lowest BCUT2D eigenvalue weighted by molar-refractivity contribution is -0.189. The second-order valence-electron chi connectivity index (χ2n) is 10.3. The van der Waals surface area contributed by atoms with E-state index in [0.717, 1.165) is 9.58 Å². The van der Waals surface area contributed by atoms with Gasteiger partial charge in [0.1, 0.15) is 0 Å². The average Bonchev–Trinajstić information content (AvgIpc) is 3.25. The lowest BCUT2D eigenvalue weighted by Gasteiger charge is -2.35. The number of halogens is 3. The summed E-state index contributed by atoms with van der Waals surface area (Å²) in [6.45, 7) is 4.61. The normalized spacial score (nSPS) is 21.5. The number of alkyl halides is 3. The van der Waals surface area contributed by atoms with Gasteiger partial charge in [0.2, 0.25) is 5.41 Å². The molecule has 1 aromatic carbocycles. The molecule has 1 aliphatic heterocycles. The summed E-state index contributed by atoms with van der Waals surface area (Å²) in [5, 5.41) is 2.70. The smallest absolute Gasteiger partial charge is 0.308 e. The summed E-state index contributed by atoms with van der Waals surface area (Å²) in [6, 6.07) is 13.0. The van der Waals surface area contributed by atoms with Crippen LogP contribution >= 0.6 is 0 Å². The Labute approximate surface area is 210 Å². The molecule has 5 rings (SSSR count). The summed E-state index contributed by atoms with van der Waals surface area (Å²) in [7, 11) is 0. The Bertz CT molecular complexity index is 1490. The van der Waals surface area contributed by atoms with Crippen molar-refractivity contribution < 1.29 is 22.8 Å². The maximum atomic E-state index is 15.4. The number of nitrogens with zero attached hydrogens (tertiary/aromatic N) is 3. The highest BCUT2D eigenvalue weighted by molar-refractivity contribution is 6.13. The van der Waals surface area contributed by atoms with Gasteiger partial charge in [-0.25, -0.2) is 4.68 Å². The van der Waals surface area contributed by atoms with Gasteiger partial charge in [-0.3, -0.25) is 24.5 Å². The summed E-state index contributed by atoms with van der Waals surface area (Å²) in [4.78, 5) is 46.4. The first-order valence-corrected chi connectivity index (χ1v) is 11.8. The monoisotopic (exact) mass is 510 g/mol. The second-order valence-corrected chi connectivity index (χ2v) is 10.3. The number of benzene rings is 1. The summed E-state index contributed by atoms with van der Waals surface area (Å²) in [5.41, 5.74) is -6.02. The van der Waals surface area contributed by atoms with E-state index in [1.54, 1.807) is 62.4 Å². The number of amides is 1. The van der Waals surface area contributed by atoms with Gasteiger partial charge in [0.15, 0.2) is 5.78 Å². The first-order valence-electron chi connectivity index (χ1n) is 11.8. The molecule has 2 aromatic heterocycles. The molecule has 1 unspecified atom stereocenters. The number of nitrogens with one attached hydrogen (secondary N) is 1. The molecular formula is C27H25F3N4O3. The average molecular weight is 511 g/mol. The van der Waals surface area contributed by atoms with E-state index < -0.39 is 45.4 Å².